The number of hydrogen-bond donors (Lipinski definition) is 0. The highest BCUT2D eigenvalue weighted by Gasteiger charge is 2.14. The fourth-order valence-corrected chi connectivity index (χ4v) is 4.55. The molecule has 1 saturated carbocycles. The summed E-state index contributed by atoms with van der Waals surface area (Å²) in [5.74, 6) is 0.110. The summed E-state index contributed by atoms with van der Waals surface area (Å²) in [7, 11) is 0. The van der Waals surface area contributed by atoms with E-state index in [0.29, 0.717) is 5.56 Å². The van der Waals surface area contributed by atoms with Crippen molar-refractivity contribution in [2.45, 2.75) is 44.8 Å². The van der Waals surface area contributed by atoms with E-state index in [1.807, 2.05) is 17.5 Å². The maximum Gasteiger partial charge on any atom is 0.387 e. The minimum Gasteiger partial charge on any atom is -0.435 e. The molecule has 1 fully saturated rings. The molecule has 0 amide bonds. The number of alkyl halides is 2. The number of aromatic nitrogens is 1. The van der Waals surface area contributed by atoms with Gasteiger partial charge in [0, 0.05) is 10.9 Å². The zero-order valence-electron chi connectivity index (χ0n) is 17.3. The molecule has 2 aromatic carbocycles. The number of rotatable bonds is 6. The van der Waals surface area contributed by atoms with Gasteiger partial charge in [-0.2, -0.15) is 19.1 Å². The molecule has 1 aliphatic rings. The van der Waals surface area contributed by atoms with Gasteiger partial charge in [-0.05, 0) is 54.8 Å². The van der Waals surface area contributed by atoms with Crippen LogP contribution < -0.4 is 9.54 Å². The Kier molecular flexibility index (Phi) is 7.07. The first kappa shape index (κ1) is 21.9. The molecule has 5 nitrogen and oxygen atoms in total. The zero-order chi connectivity index (χ0) is 22.3. The van der Waals surface area contributed by atoms with Crippen molar-refractivity contribution in [1.29, 1.82) is 5.26 Å². The lowest BCUT2D eigenvalue weighted by Gasteiger charge is -2.16. The van der Waals surface area contributed by atoms with Crippen LogP contribution in [-0.4, -0.2) is 23.5 Å². The maximum absolute atomic E-state index is 12.5. The number of ether oxygens (including phenoxy) is 1. The molecule has 1 heterocycles. The average Bonchev–Trinajstić information content (AvgIpc) is 3.21. The minimum absolute atomic E-state index is 0.110. The van der Waals surface area contributed by atoms with Crippen molar-refractivity contribution >= 4 is 17.6 Å². The quantitative estimate of drug-likeness (QED) is 0.444. The lowest BCUT2D eigenvalue weighted by molar-refractivity contribution is -0.0498. The molecule has 3 aromatic rings. The third-order valence-electron chi connectivity index (χ3n) is 5.29. The first-order valence-corrected chi connectivity index (χ1v) is 11.3. The normalized spacial score (nSPS) is 15.4. The molecule has 1 aliphatic carbocycles. The van der Waals surface area contributed by atoms with Gasteiger partial charge >= 0.3 is 6.61 Å². The molecule has 164 valence electrons. The molecular formula is C24H22F2N4OS. The Morgan fingerprint density at radius 2 is 1.78 bits per heavy atom. The average molecular weight is 453 g/mol. The topological polar surface area (TPSA) is 62.7 Å². The Morgan fingerprint density at radius 1 is 1.06 bits per heavy atom. The van der Waals surface area contributed by atoms with Gasteiger partial charge in [0.25, 0.3) is 0 Å². The monoisotopic (exact) mass is 452 g/mol. The second kappa shape index (κ2) is 10.3. The standard InChI is InChI=1S/C24H22F2N4OS/c25-23(26)31-21-12-10-19(11-13-21)22-16-32-24(29-20-4-2-1-3-5-20)30(22)28-15-18-8-6-17(14-27)7-9-18/h6-13,15-16,20,23H,1-5H2/b28-15+,29-24?. The molecule has 0 unspecified atom stereocenters. The van der Waals surface area contributed by atoms with Crippen molar-refractivity contribution in [3.63, 3.8) is 0 Å². The zero-order valence-corrected chi connectivity index (χ0v) is 18.1. The number of thiazole rings is 1. The SMILES string of the molecule is N#Cc1ccc(/C=N/n2c(-c3ccc(OC(F)F)cc3)csc2=NC2CCCCC2)cc1. The van der Waals surface area contributed by atoms with Crippen LogP contribution in [0.1, 0.15) is 43.2 Å². The minimum atomic E-state index is -2.86. The molecule has 0 radical (unpaired) electrons. The van der Waals surface area contributed by atoms with Crippen LogP contribution in [0, 0.1) is 11.3 Å². The van der Waals surface area contributed by atoms with Crippen molar-refractivity contribution < 1.29 is 13.5 Å². The van der Waals surface area contributed by atoms with E-state index in [2.05, 4.69) is 15.9 Å². The van der Waals surface area contributed by atoms with Gasteiger partial charge in [-0.1, -0.05) is 31.4 Å². The first-order valence-electron chi connectivity index (χ1n) is 10.5. The number of hydrogen-bond acceptors (Lipinski definition) is 5. The van der Waals surface area contributed by atoms with Gasteiger partial charge in [-0.15, -0.1) is 11.3 Å². The maximum atomic E-state index is 12.5. The highest BCUT2D eigenvalue weighted by Crippen LogP contribution is 2.25. The molecule has 32 heavy (non-hydrogen) atoms. The van der Waals surface area contributed by atoms with E-state index in [1.54, 1.807) is 35.2 Å². The lowest BCUT2D eigenvalue weighted by Crippen LogP contribution is -2.19. The fraction of sp³-hybridized carbons (Fsp3) is 0.292. The molecule has 1 aromatic heterocycles. The van der Waals surface area contributed by atoms with Gasteiger partial charge in [-0.25, -0.2) is 4.68 Å². The van der Waals surface area contributed by atoms with Gasteiger partial charge in [0.2, 0.25) is 4.80 Å². The van der Waals surface area contributed by atoms with Crippen LogP contribution >= 0.6 is 11.3 Å². The van der Waals surface area contributed by atoms with Crippen molar-refractivity contribution in [1.82, 2.24) is 4.68 Å². The first-order chi connectivity index (χ1) is 15.6. The van der Waals surface area contributed by atoms with Crippen LogP contribution in [0.2, 0.25) is 0 Å². The number of nitriles is 1. The summed E-state index contributed by atoms with van der Waals surface area (Å²) in [5.41, 5.74) is 3.09. The van der Waals surface area contributed by atoms with Crippen molar-refractivity contribution in [2.75, 3.05) is 0 Å². The van der Waals surface area contributed by atoms with Crippen LogP contribution in [0.5, 0.6) is 5.75 Å². The summed E-state index contributed by atoms with van der Waals surface area (Å²) >= 11 is 1.51. The highest BCUT2D eigenvalue weighted by atomic mass is 32.1. The van der Waals surface area contributed by atoms with Crippen LogP contribution in [0.3, 0.4) is 0 Å². The molecule has 8 heteroatoms. The summed E-state index contributed by atoms with van der Waals surface area (Å²) < 4.78 is 31.2. The number of nitrogens with zero attached hydrogens (tertiary/aromatic N) is 4. The fourth-order valence-electron chi connectivity index (χ4n) is 3.64. The Bertz CT molecular complexity index is 1170. The largest absolute Gasteiger partial charge is 0.435 e. The van der Waals surface area contributed by atoms with Gasteiger partial charge in [0.1, 0.15) is 5.75 Å². The molecular weight excluding hydrogens is 430 g/mol. The lowest BCUT2D eigenvalue weighted by atomic mass is 9.96. The smallest absolute Gasteiger partial charge is 0.387 e. The van der Waals surface area contributed by atoms with E-state index in [-0.39, 0.29) is 11.8 Å². The highest BCUT2D eigenvalue weighted by molar-refractivity contribution is 7.07. The Balaban J connectivity index is 1.70. The van der Waals surface area contributed by atoms with E-state index in [1.165, 1.54) is 42.7 Å². The van der Waals surface area contributed by atoms with E-state index in [9.17, 15) is 8.78 Å². The van der Waals surface area contributed by atoms with Gasteiger partial charge in [-0.3, -0.25) is 4.99 Å². The van der Waals surface area contributed by atoms with Crippen LogP contribution in [-0.2, 0) is 0 Å². The Labute approximate surface area is 188 Å². The van der Waals surface area contributed by atoms with Crippen LogP contribution in [0.15, 0.2) is 64.0 Å². The summed E-state index contributed by atoms with van der Waals surface area (Å²) in [6, 6.07) is 16.1. The van der Waals surface area contributed by atoms with Gasteiger partial charge in [0.05, 0.1) is 29.6 Å². The van der Waals surface area contributed by atoms with Crippen molar-refractivity contribution in [2.24, 2.45) is 10.1 Å². The van der Waals surface area contributed by atoms with Crippen molar-refractivity contribution in [3.05, 3.63) is 69.8 Å². The van der Waals surface area contributed by atoms with Gasteiger partial charge < -0.3 is 4.74 Å². The summed E-state index contributed by atoms with van der Waals surface area (Å²) in [5, 5.41) is 15.6. The Hall–Kier alpha value is -3.31. The third-order valence-corrected chi connectivity index (χ3v) is 6.12. The number of halogens is 2. The number of benzene rings is 2. The summed E-state index contributed by atoms with van der Waals surface area (Å²) in [6.07, 6.45) is 7.51. The summed E-state index contributed by atoms with van der Waals surface area (Å²) in [6.45, 7) is -2.86. The molecule has 0 spiro atoms. The molecule has 0 atom stereocenters. The van der Waals surface area contributed by atoms with Gasteiger partial charge in [0.15, 0.2) is 0 Å². The third kappa shape index (κ3) is 5.48. The predicted octanol–water partition coefficient (Wildman–Crippen LogP) is 5.81. The summed E-state index contributed by atoms with van der Waals surface area (Å²) in [4.78, 5) is 5.76. The molecule has 0 N–H and O–H groups in total. The molecule has 0 bridgehead atoms. The van der Waals surface area contributed by atoms with Crippen LogP contribution in [0.25, 0.3) is 11.3 Å². The van der Waals surface area contributed by atoms with E-state index in [4.69, 9.17) is 10.3 Å². The second-order valence-electron chi connectivity index (χ2n) is 7.52. The van der Waals surface area contributed by atoms with E-state index in [0.717, 1.165) is 34.5 Å². The van der Waals surface area contributed by atoms with E-state index < -0.39 is 6.61 Å². The Morgan fingerprint density at radius 3 is 2.44 bits per heavy atom. The molecule has 0 saturated heterocycles. The molecule has 0 aliphatic heterocycles. The van der Waals surface area contributed by atoms with E-state index >= 15 is 0 Å². The molecule has 4 rings (SSSR count). The predicted molar refractivity (Wildman–Crippen MR) is 121 cm³/mol. The second-order valence-corrected chi connectivity index (χ2v) is 8.35. The van der Waals surface area contributed by atoms with Crippen LogP contribution in [0.4, 0.5) is 8.78 Å². The van der Waals surface area contributed by atoms with Crippen molar-refractivity contribution in [3.8, 4) is 23.1 Å².